The lowest BCUT2D eigenvalue weighted by atomic mass is 10.2. The summed E-state index contributed by atoms with van der Waals surface area (Å²) in [5.41, 5.74) is 3.28. The number of rotatable bonds is 6. The van der Waals surface area contributed by atoms with E-state index in [2.05, 4.69) is 36.2 Å². The summed E-state index contributed by atoms with van der Waals surface area (Å²) < 4.78 is 0. The summed E-state index contributed by atoms with van der Waals surface area (Å²) in [6.07, 6.45) is 1.71. The van der Waals surface area contributed by atoms with Crippen molar-refractivity contribution in [2.45, 2.75) is 13.8 Å². The molecule has 0 atom stereocenters. The van der Waals surface area contributed by atoms with Gasteiger partial charge in [-0.15, -0.1) is 0 Å². The monoisotopic (exact) mass is 425 g/mol. The fourth-order valence-corrected chi connectivity index (χ4v) is 3.05. The number of hydrogen-bond donors (Lipinski definition) is 4. The van der Waals surface area contributed by atoms with Crippen LogP contribution in [0.15, 0.2) is 79.0 Å². The number of hydrogen-bond acceptors (Lipinski definition) is 6. The molecule has 2 aromatic carbocycles. The first kappa shape index (κ1) is 20.8. The summed E-state index contributed by atoms with van der Waals surface area (Å²) >= 11 is 0. The van der Waals surface area contributed by atoms with Crippen LogP contribution in [0.2, 0.25) is 0 Å². The molecule has 0 radical (unpaired) electrons. The Morgan fingerprint density at radius 3 is 2.12 bits per heavy atom. The van der Waals surface area contributed by atoms with Gasteiger partial charge in [0.1, 0.15) is 23.3 Å². The summed E-state index contributed by atoms with van der Waals surface area (Å²) in [5.74, 6) is 2.62. The van der Waals surface area contributed by atoms with Crippen molar-refractivity contribution in [2.75, 3.05) is 21.3 Å². The Bertz CT molecular complexity index is 1210. The number of aromatic nitrogens is 3. The van der Waals surface area contributed by atoms with Gasteiger partial charge in [-0.2, -0.15) is 0 Å². The number of carbonyl (C=O) groups excluding carboxylic acids is 1. The van der Waals surface area contributed by atoms with E-state index < -0.39 is 0 Å². The van der Waals surface area contributed by atoms with E-state index in [0.717, 1.165) is 16.9 Å². The van der Waals surface area contributed by atoms with Crippen LogP contribution in [0.4, 0.5) is 39.3 Å². The average molecular weight is 425 g/mol. The Morgan fingerprint density at radius 2 is 1.41 bits per heavy atom. The molecule has 4 rings (SSSR count). The number of urea groups is 1. The van der Waals surface area contributed by atoms with Crippen LogP contribution in [-0.4, -0.2) is 21.0 Å². The predicted octanol–water partition coefficient (Wildman–Crippen LogP) is 5.62. The molecule has 4 N–H and O–H groups in total. The van der Waals surface area contributed by atoms with Gasteiger partial charge in [-0.05, 0) is 61.9 Å². The number of amides is 2. The lowest BCUT2D eigenvalue weighted by molar-refractivity contribution is 0.262. The second-order valence-corrected chi connectivity index (χ2v) is 7.12. The number of carbonyl (C=O) groups is 1. The van der Waals surface area contributed by atoms with Crippen molar-refractivity contribution in [3.8, 4) is 0 Å². The fourth-order valence-electron chi connectivity index (χ4n) is 3.05. The minimum absolute atomic E-state index is 0.295. The standard InChI is InChI=1S/C24H23N7O/c1-16-7-3-4-8-20(16)30-24(32)29-19-12-10-18(11-13-19)28-22-15-23(27-17(2)26-22)31-21-9-5-6-14-25-21/h3-15H,1-2H3,(H2,29,30,32)(H2,25,26,27,28,31). The molecule has 0 spiro atoms. The van der Waals surface area contributed by atoms with Crippen LogP contribution < -0.4 is 21.3 Å². The topological polar surface area (TPSA) is 104 Å². The highest BCUT2D eigenvalue weighted by atomic mass is 16.2. The third-order valence-corrected chi connectivity index (χ3v) is 4.57. The van der Waals surface area contributed by atoms with Crippen molar-refractivity contribution < 1.29 is 4.79 Å². The first-order valence-corrected chi connectivity index (χ1v) is 10.1. The number of aryl methyl sites for hydroxylation is 2. The van der Waals surface area contributed by atoms with Crippen molar-refractivity contribution in [3.63, 3.8) is 0 Å². The molecule has 0 aliphatic carbocycles. The molecule has 160 valence electrons. The highest BCUT2D eigenvalue weighted by molar-refractivity contribution is 6.00. The van der Waals surface area contributed by atoms with E-state index in [-0.39, 0.29) is 6.03 Å². The zero-order valence-corrected chi connectivity index (χ0v) is 17.8. The van der Waals surface area contributed by atoms with Crippen LogP contribution >= 0.6 is 0 Å². The van der Waals surface area contributed by atoms with Crippen LogP contribution in [0.25, 0.3) is 0 Å². The van der Waals surface area contributed by atoms with Gasteiger partial charge in [0.15, 0.2) is 0 Å². The lowest BCUT2D eigenvalue weighted by Crippen LogP contribution is -2.19. The Hall–Kier alpha value is -4.46. The van der Waals surface area contributed by atoms with Gasteiger partial charge in [0.2, 0.25) is 0 Å². The summed E-state index contributed by atoms with van der Waals surface area (Å²) in [7, 11) is 0. The first-order chi connectivity index (χ1) is 15.5. The van der Waals surface area contributed by atoms with Gasteiger partial charge in [-0.25, -0.2) is 19.7 Å². The average Bonchev–Trinajstić information content (AvgIpc) is 2.77. The van der Waals surface area contributed by atoms with Gasteiger partial charge in [0, 0.05) is 29.3 Å². The third kappa shape index (κ3) is 5.57. The van der Waals surface area contributed by atoms with Gasteiger partial charge >= 0.3 is 6.03 Å². The second-order valence-electron chi connectivity index (χ2n) is 7.12. The van der Waals surface area contributed by atoms with Gasteiger partial charge < -0.3 is 21.3 Å². The van der Waals surface area contributed by atoms with E-state index in [1.165, 1.54) is 0 Å². The zero-order valence-electron chi connectivity index (χ0n) is 17.8. The maximum atomic E-state index is 12.3. The number of nitrogens with one attached hydrogen (secondary N) is 4. The molecule has 32 heavy (non-hydrogen) atoms. The molecule has 0 saturated carbocycles. The summed E-state index contributed by atoms with van der Waals surface area (Å²) in [6.45, 7) is 3.77. The van der Waals surface area contributed by atoms with Crippen molar-refractivity contribution in [2.24, 2.45) is 0 Å². The molecule has 0 aliphatic heterocycles. The Balaban J connectivity index is 1.39. The minimum atomic E-state index is -0.295. The van der Waals surface area contributed by atoms with E-state index in [1.807, 2.05) is 86.6 Å². The van der Waals surface area contributed by atoms with E-state index in [4.69, 9.17) is 0 Å². The van der Waals surface area contributed by atoms with Gasteiger partial charge in [-0.1, -0.05) is 24.3 Å². The molecule has 0 fully saturated rings. The molecule has 0 unspecified atom stereocenters. The van der Waals surface area contributed by atoms with Gasteiger partial charge in [0.25, 0.3) is 0 Å². The van der Waals surface area contributed by atoms with Gasteiger partial charge in [-0.3, -0.25) is 0 Å². The predicted molar refractivity (Wildman–Crippen MR) is 128 cm³/mol. The smallest absolute Gasteiger partial charge is 0.323 e. The first-order valence-electron chi connectivity index (χ1n) is 10.1. The van der Waals surface area contributed by atoms with Gasteiger partial charge in [0.05, 0.1) is 0 Å². The van der Waals surface area contributed by atoms with E-state index in [9.17, 15) is 4.79 Å². The molecule has 2 amide bonds. The molecule has 0 saturated heterocycles. The summed E-state index contributed by atoms with van der Waals surface area (Å²) in [6, 6.07) is 22.1. The molecule has 2 aromatic heterocycles. The minimum Gasteiger partial charge on any atom is -0.340 e. The van der Waals surface area contributed by atoms with Crippen molar-refractivity contribution >= 4 is 40.5 Å². The van der Waals surface area contributed by atoms with Crippen LogP contribution in [0, 0.1) is 13.8 Å². The SMILES string of the molecule is Cc1nc(Nc2ccc(NC(=O)Nc3ccccc3C)cc2)cc(Nc2ccccn2)n1. The van der Waals surface area contributed by atoms with Crippen molar-refractivity contribution in [1.29, 1.82) is 0 Å². The highest BCUT2D eigenvalue weighted by Gasteiger charge is 2.06. The molecule has 0 bridgehead atoms. The van der Waals surface area contributed by atoms with Crippen molar-refractivity contribution in [3.05, 3.63) is 90.4 Å². The van der Waals surface area contributed by atoms with E-state index in [0.29, 0.717) is 29.0 Å². The number of benzene rings is 2. The number of pyridine rings is 1. The van der Waals surface area contributed by atoms with Crippen LogP contribution in [-0.2, 0) is 0 Å². The number of para-hydroxylation sites is 1. The number of nitrogens with zero attached hydrogens (tertiary/aromatic N) is 3. The highest BCUT2D eigenvalue weighted by Crippen LogP contribution is 2.21. The fraction of sp³-hybridized carbons (Fsp3) is 0.0833. The molecule has 2 heterocycles. The summed E-state index contributed by atoms with van der Waals surface area (Å²) in [5, 5.41) is 12.1. The van der Waals surface area contributed by atoms with Crippen LogP contribution in [0.3, 0.4) is 0 Å². The number of anilines is 6. The molecular weight excluding hydrogens is 402 g/mol. The normalized spacial score (nSPS) is 10.3. The quantitative estimate of drug-likeness (QED) is 0.320. The molecule has 8 nitrogen and oxygen atoms in total. The van der Waals surface area contributed by atoms with E-state index in [1.54, 1.807) is 6.20 Å². The van der Waals surface area contributed by atoms with Crippen LogP contribution in [0.1, 0.15) is 11.4 Å². The zero-order chi connectivity index (χ0) is 22.3. The summed E-state index contributed by atoms with van der Waals surface area (Å²) in [4.78, 5) is 25.4. The Kier molecular flexibility index (Phi) is 6.22. The van der Waals surface area contributed by atoms with Crippen molar-refractivity contribution in [1.82, 2.24) is 15.0 Å². The lowest BCUT2D eigenvalue weighted by Gasteiger charge is -2.12. The maximum absolute atomic E-state index is 12.3. The molecule has 4 aromatic rings. The van der Waals surface area contributed by atoms with E-state index >= 15 is 0 Å². The third-order valence-electron chi connectivity index (χ3n) is 4.57. The maximum Gasteiger partial charge on any atom is 0.323 e. The Labute approximate surface area is 186 Å². The van der Waals surface area contributed by atoms with Crippen LogP contribution in [0.5, 0.6) is 0 Å². The largest absolute Gasteiger partial charge is 0.340 e. The molecule has 8 heteroatoms. The second kappa shape index (κ2) is 9.57. The Morgan fingerprint density at radius 1 is 0.719 bits per heavy atom. The molecule has 0 aliphatic rings. The molecular formula is C24H23N7O.